The van der Waals surface area contributed by atoms with Gasteiger partial charge in [-0.15, -0.1) is 11.8 Å². The minimum Gasteiger partial charge on any atom is -0.325 e. The first kappa shape index (κ1) is 16.3. The molecule has 1 aliphatic heterocycles. The average molecular weight is 340 g/mol. The number of rotatable bonds is 5. The van der Waals surface area contributed by atoms with Crippen LogP contribution < -0.4 is 10.6 Å². The summed E-state index contributed by atoms with van der Waals surface area (Å²) in [6.45, 7) is 2.04. The molecule has 0 atom stereocenters. The number of imide groups is 1. The lowest BCUT2D eigenvalue weighted by Gasteiger charge is -2.09. The molecule has 1 aliphatic rings. The number of anilines is 1. The molecule has 2 aromatic rings. The van der Waals surface area contributed by atoms with Crippen LogP contribution in [0.5, 0.6) is 0 Å². The van der Waals surface area contributed by atoms with E-state index in [4.69, 9.17) is 0 Å². The van der Waals surface area contributed by atoms with Gasteiger partial charge in [-0.2, -0.15) is 0 Å². The molecule has 3 amide bonds. The zero-order valence-electron chi connectivity index (χ0n) is 13.1. The maximum absolute atomic E-state index is 12.1. The van der Waals surface area contributed by atoms with Gasteiger partial charge in [-0.3, -0.25) is 19.7 Å². The first-order valence-electron chi connectivity index (χ1n) is 7.47. The molecular formula is C18H16N2O3S. The Morgan fingerprint density at radius 1 is 1.08 bits per heavy atom. The van der Waals surface area contributed by atoms with Gasteiger partial charge in [0.15, 0.2) is 0 Å². The molecule has 0 spiro atoms. The van der Waals surface area contributed by atoms with E-state index in [2.05, 4.69) is 10.6 Å². The number of aryl methyl sites for hydroxylation is 1. The van der Waals surface area contributed by atoms with E-state index in [1.165, 1.54) is 22.9 Å². The summed E-state index contributed by atoms with van der Waals surface area (Å²) >= 11 is 1.50. The second-order valence-electron chi connectivity index (χ2n) is 5.48. The van der Waals surface area contributed by atoms with Crippen LogP contribution in [0.3, 0.4) is 0 Å². The van der Waals surface area contributed by atoms with Gasteiger partial charge in [0, 0.05) is 5.75 Å². The third kappa shape index (κ3) is 3.33. The number of hydrogen-bond acceptors (Lipinski definition) is 4. The first-order chi connectivity index (χ1) is 11.6. The van der Waals surface area contributed by atoms with E-state index in [0.717, 1.165) is 5.75 Å². The molecule has 24 heavy (non-hydrogen) atoms. The number of carbonyl (C=O) groups excluding carboxylic acids is 3. The highest BCUT2D eigenvalue weighted by Crippen LogP contribution is 2.24. The minimum absolute atomic E-state index is 0.200. The summed E-state index contributed by atoms with van der Waals surface area (Å²) in [5.74, 6) is -0.0906. The Bertz CT molecular complexity index is 833. The van der Waals surface area contributed by atoms with Crippen LogP contribution in [-0.2, 0) is 10.5 Å². The topological polar surface area (TPSA) is 75.3 Å². The van der Waals surface area contributed by atoms with E-state index in [1.807, 2.05) is 31.2 Å². The smallest absolute Gasteiger partial charge is 0.261 e. The van der Waals surface area contributed by atoms with Crippen molar-refractivity contribution in [1.82, 2.24) is 5.32 Å². The van der Waals surface area contributed by atoms with Crippen molar-refractivity contribution in [3.05, 3.63) is 64.7 Å². The van der Waals surface area contributed by atoms with Crippen LogP contribution in [0.4, 0.5) is 5.69 Å². The molecule has 2 N–H and O–H groups in total. The molecule has 122 valence electrons. The molecule has 2 aromatic carbocycles. The Balaban J connectivity index is 1.61. The molecule has 0 bridgehead atoms. The van der Waals surface area contributed by atoms with Gasteiger partial charge in [-0.1, -0.05) is 30.3 Å². The second-order valence-corrected chi connectivity index (χ2v) is 6.46. The fourth-order valence-electron chi connectivity index (χ4n) is 2.54. The second kappa shape index (κ2) is 6.88. The lowest BCUT2D eigenvalue weighted by molar-refractivity contribution is -0.113. The van der Waals surface area contributed by atoms with Crippen LogP contribution >= 0.6 is 11.8 Å². The molecule has 0 radical (unpaired) electrons. The van der Waals surface area contributed by atoms with Gasteiger partial charge in [0.1, 0.15) is 0 Å². The summed E-state index contributed by atoms with van der Waals surface area (Å²) in [4.78, 5) is 35.6. The Kier molecular flexibility index (Phi) is 4.66. The van der Waals surface area contributed by atoms with Crippen molar-refractivity contribution in [2.24, 2.45) is 0 Å². The van der Waals surface area contributed by atoms with Gasteiger partial charge in [-0.25, -0.2) is 0 Å². The van der Waals surface area contributed by atoms with Crippen LogP contribution in [0, 0.1) is 6.92 Å². The molecule has 3 rings (SSSR count). The predicted molar refractivity (Wildman–Crippen MR) is 94.2 cm³/mol. The van der Waals surface area contributed by atoms with Crippen LogP contribution in [0.15, 0.2) is 42.5 Å². The number of hydrogen-bond donors (Lipinski definition) is 2. The number of amides is 3. The van der Waals surface area contributed by atoms with Crippen molar-refractivity contribution in [2.45, 2.75) is 12.7 Å². The van der Waals surface area contributed by atoms with Gasteiger partial charge < -0.3 is 5.32 Å². The lowest BCUT2D eigenvalue weighted by Crippen LogP contribution is -2.21. The molecule has 0 aliphatic carbocycles. The highest BCUT2D eigenvalue weighted by Gasteiger charge is 2.29. The van der Waals surface area contributed by atoms with Crippen molar-refractivity contribution < 1.29 is 14.4 Å². The Hall–Kier alpha value is -2.60. The van der Waals surface area contributed by atoms with Crippen LogP contribution in [0.25, 0.3) is 0 Å². The van der Waals surface area contributed by atoms with Gasteiger partial charge >= 0.3 is 0 Å². The Labute approximate surface area is 143 Å². The largest absolute Gasteiger partial charge is 0.325 e. The molecule has 0 saturated heterocycles. The monoisotopic (exact) mass is 340 g/mol. The first-order valence-corrected chi connectivity index (χ1v) is 8.62. The molecular weight excluding hydrogens is 324 g/mol. The fourth-order valence-corrected chi connectivity index (χ4v) is 3.44. The Morgan fingerprint density at radius 2 is 1.88 bits per heavy atom. The van der Waals surface area contributed by atoms with Crippen molar-refractivity contribution in [1.29, 1.82) is 0 Å². The number of fused-ring (bicyclic) bond motifs is 1. The van der Waals surface area contributed by atoms with Gasteiger partial charge in [0.05, 0.1) is 22.6 Å². The summed E-state index contributed by atoms with van der Waals surface area (Å²) < 4.78 is 0. The highest BCUT2D eigenvalue weighted by atomic mass is 32.2. The number of nitrogens with one attached hydrogen (secondary N) is 2. The van der Waals surface area contributed by atoms with Crippen molar-refractivity contribution in [3.63, 3.8) is 0 Å². The fraction of sp³-hybridized carbons (Fsp3) is 0.167. The minimum atomic E-state index is -0.474. The van der Waals surface area contributed by atoms with E-state index in [0.29, 0.717) is 11.3 Å². The summed E-state index contributed by atoms with van der Waals surface area (Å²) in [5, 5.41) is 4.95. The third-order valence-electron chi connectivity index (χ3n) is 3.79. The zero-order chi connectivity index (χ0) is 17.1. The Morgan fingerprint density at radius 3 is 2.67 bits per heavy atom. The van der Waals surface area contributed by atoms with Crippen molar-refractivity contribution in [3.8, 4) is 0 Å². The maximum Gasteiger partial charge on any atom is 0.261 e. The van der Waals surface area contributed by atoms with E-state index in [1.54, 1.807) is 18.2 Å². The SMILES string of the molecule is Cc1ccccc1CSCC(=O)Nc1cccc2c1C(=O)NC2=O. The summed E-state index contributed by atoms with van der Waals surface area (Å²) in [6, 6.07) is 12.9. The summed E-state index contributed by atoms with van der Waals surface area (Å²) in [5.41, 5.74) is 3.30. The van der Waals surface area contributed by atoms with E-state index < -0.39 is 11.8 Å². The van der Waals surface area contributed by atoms with Gasteiger partial charge in [0.25, 0.3) is 11.8 Å². The molecule has 5 nitrogen and oxygen atoms in total. The summed E-state index contributed by atoms with van der Waals surface area (Å²) in [7, 11) is 0. The normalized spacial score (nSPS) is 12.7. The number of thioether (sulfide) groups is 1. The molecule has 6 heteroatoms. The van der Waals surface area contributed by atoms with Crippen molar-refractivity contribution in [2.75, 3.05) is 11.1 Å². The van der Waals surface area contributed by atoms with Crippen LogP contribution in [-0.4, -0.2) is 23.5 Å². The average Bonchev–Trinajstić information content (AvgIpc) is 2.85. The van der Waals surface area contributed by atoms with Crippen LogP contribution in [0.2, 0.25) is 0 Å². The van der Waals surface area contributed by atoms with Gasteiger partial charge in [-0.05, 0) is 30.2 Å². The summed E-state index contributed by atoms with van der Waals surface area (Å²) in [6.07, 6.45) is 0. The van der Waals surface area contributed by atoms with E-state index in [-0.39, 0.29) is 17.2 Å². The molecule has 0 aromatic heterocycles. The van der Waals surface area contributed by atoms with E-state index >= 15 is 0 Å². The van der Waals surface area contributed by atoms with E-state index in [9.17, 15) is 14.4 Å². The maximum atomic E-state index is 12.1. The molecule has 0 fully saturated rings. The molecule has 0 saturated carbocycles. The lowest BCUT2D eigenvalue weighted by atomic mass is 10.1. The number of benzene rings is 2. The van der Waals surface area contributed by atoms with Crippen molar-refractivity contribution >= 4 is 35.2 Å². The highest BCUT2D eigenvalue weighted by molar-refractivity contribution is 7.99. The predicted octanol–water partition coefficient (Wildman–Crippen LogP) is 2.75. The van der Waals surface area contributed by atoms with Gasteiger partial charge in [0.2, 0.25) is 5.91 Å². The zero-order valence-corrected chi connectivity index (χ0v) is 13.9. The molecule has 1 heterocycles. The quantitative estimate of drug-likeness (QED) is 0.821. The number of carbonyl (C=O) groups is 3. The standard InChI is InChI=1S/C18H16N2O3S/c1-11-5-2-3-6-12(11)9-24-10-15(21)19-14-8-4-7-13-16(14)18(23)20-17(13)22/h2-8H,9-10H2,1H3,(H,19,21)(H,20,22,23). The van der Waals surface area contributed by atoms with Crippen LogP contribution in [0.1, 0.15) is 31.8 Å². The molecule has 0 unspecified atom stereocenters. The third-order valence-corrected chi connectivity index (χ3v) is 4.77.